The Morgan fingerprint density at radius 1 is 1.13 bits per heavy atom. The minimum absolute atomic E-state index is 0.235. The highest BCUT2D eigenvalue weighted by molar-refractivity contribution is 9.10. The van der Waals surface area contributed by atoms with E-state index in [-0.39, 0.29) is 17.7 Å². The van der Waals surface area contributed by atoms with Gasteiger partial charge in [-0.1, -0.05) is 30.3 Å². The smallest absolute Gasteiger partial charge is 0.293 e. The van der Waals surface area contributed by atoms with Gasteiger partial charge in [-0.2, -0.15) is 0 Å². The summed E-state index contributed by atoms with van der Waals surface area (Å²) >= 11 is 4.46. The van der Waals surface area contributed by atoms with Gasteiger partial charge in [0.25, 0.3) is 11.1 Å². The summed E-state index contributed by atoms with van der Waals surface area (Å²) in [7, 11) is 1.53. The molecule has 0 saturated carbocycles. The summed E-state index contributed by atoms with van der Waals surface area (Å²) in [6.45, 7) is 3.29. The van der Waals surface area contributed by atoms with E-state index in [9.17, 15) is 9.59 Å². The predicted octanol–water partition coefficient (Wildman–Crippen LogP) is 5.11. The normalized spacial score (nSPS) is 15.2. The standard InChI is InChI=1S/C22H22BrNO5S/c1-3-28-18-12-16(13-19-21(25)24(9-10-27-2)22(26)30-19)11-17(23)20(18)29-14-15-7-5-4-6-8-15/h4-8,11-13H,3,9-10,14H2,1-2H3/b19-13+. The van der Waals surface area contributed by atoms with Crippen molar-refractivity contribution >= 4 is 44.9 Å². The molecule has 6 nitrogen and oxygen atoms in total. The Bertz CT molecular complexity index is 948. The number of carbonyl (C=O) groups is 2. The number of amides is 2. The number of nitrogens with zero attached hydrogens (tertiary/aromatic N) is 1. The number of imide groups is 1. The van der Waals surface area contributed by atoms with Crippen LogP contribution in [0.5, 0.6) is 11.5 Å². The van der Waals surface area contributed by atoms with Crippen molar-refractivity contribution in [1.29, 1.82) is 0 Å². The van der Waals surface area contributed by atoms with Gasteiger partial charge < -0.3 is 14.2 Å². The molecule has 0 spiro atoms. The second-order valence-electron chi connectivity index (χ2n) is 6.36. The number of thioether (sulfide) groups is 1. The quantitative estimate of drug-likeness (QED) is 0.454. The first-order chi connectivity index (χ1) is 14.5. The molecule has 2 amide bonds. The molecule has 2 aromatic carbocycles. The second-order valence-corrected chi connectivity index (χ2v) is 8.21. The maximum absolute atomic E-state index is 12.5. The van der Waals surface area contributed by atoms with Gasteiger partial charge in [0.1, 0.15) is 6.61 Å². The number of rotatable bonds is 9. The lowest BCUT2D eigenvalue weighted by Gasteiger charge is -2.15. The summed E-state index contributed by atoms with van der Waals surface area (Å²) in [5.41, 5.74) is 1.77. The van der Waals surface area contributed by atoms with Crippen molar-refractivity contribution in [1.82, 2.24) is 4.90 Å². The molecule has 1 saturated heterocycles. The highest BCUT2D eigenvalue weighted by Gasteiger charge is 2.34. The van der Waals surface area contributed by atoms with E-state index < -0.39 is 0 Å². The van der Waals surface area contributed by atoms with Crippen LogP contribution in [-0.4, -0.2) is 42.9 Å². The van der Waals surface area contributed by atoms with Crippen LogP contribution in [0.2, 0.25) is 0 Å². The van der Waals surface area contributed by atoms with Gasteiger partial charge in [0.05, 0.1) is 29.1 Å². The molecule has 1 aliphatic heterocycles. The van der Waals surface area contributed by atoms with Crippen LogP contribution in [0.15, 0.2) is 51.8 Å². The lowest BCUT2D eigenvalue weighted by Crippen LogP contribution is -2.31. The number of benzene rings is 2. The topological polar surface area (TPSA) is 65.1 Å². The Morgan fingerprint density at radius 2 is 1.90 bits per heavy atom. The average Bonchev–Trinajstić information content (AvgIpc) is 2.99. The molecule has 1 fully saturated rings. The van der Waals surface area contributed by atoms with E-state index in [1.54, 1.807) is 12.1 Å². The largest absolute Gasteiger partial charge is 0.490 e. The minimum Gasteiger partial charge on any atom is -0.490 e. The molecule has 3 rings (SSSR count). The molecule has 0 N–H and O–H groups in total. The lowest BCUT2D eigenvalue weighted by atomic mass is 10.1. The lowest BCUT2D eigenvalue weighted by molar-refractivity contribution is -0.123. The SMILES string of the molecule is CCOc1cc(/C=C2/SC(=O)N(CCOC)C2=O)cc(Br)c1OCc1ccccc1. The highest BCUT2D eigenvalue weighted by atomic mass is 79.9. The molecule has 0 aliphatic carbocycles. The Morgan fingerprint density at radius 3 is 2.60 bits per heavy atom. The fourth-order valence-electron chi connectivity index (χ4n) is 2.83. The molecule has 0 radical (unpaired) electrons. The highest BCUT2D eigenvalue weighted by Crippen LogP contribution is 2.39. The fraction of sp³-hybridized carbons (Fsp3) is 0.273. The zero-order valence-electron chi connectivity index (χ0n) is 16.7. The van der Waals surface area contributed by atoms with Gasteiger partial charge in [-0.25, -0.2) is 0 Å². The van der Waals surface area contributed by atoms with Gasteiger partial charge in [0.15, 0.2) is 11.5 Å². The molecule has 8 heteroatoms. The molecule has 0 unspecified atom stereocenters. The molecule has 0 bridgehead atoms. The molecule has 1 aliphatic rings. The molecular formula is C22H22BrNO5S. The monoisotopic (exact) mass is 491 g/mol. The van der Waals surface area contributed by atoms with Crippen molar-refractivity contribution in [2.75, 3.05) is 26.9 Å². The number of ether oxygens (including phenoxy) is 3. The third-order valence-corrected chi connectivity index (χ3v) is 5.74. The number of halogens is 1. The van der Waals surface area contributed by atoms with Crippen LogP contribution < -0.4 is 9.47 Å². The maximum Gasteiger partial charge on any atom is 0.293 e. The van der Waals surface area contributed by atoms with Crippen LogP contribution in [0.1, 0.15) is 18.1 Å². The molecular weight excluding hydrogens is 470 g/mol. The molecule has 30 heavy (non-hydrogen) atoms. The van der Waals surface area contributed by atoms with Gasteiger partial charge >= 0.3 is 0 Å². The zero-order valence-corrected chi connectivity index (χ0v) is 19.1. The van der Waals surface area contributed by atoms with Gasteiger partial charge in [-0.15, -0.1) is 0 Å². The van der Waals surface area contributed by atoms with Crippen molar-refractivity contribution in [2.45, 2.75) is 13.5 Å². The molecule has 2 aromatic rings. The Balaban J connectivity index is 1.83. The third kappa shape index (κ3) is 5.44. The zero-order chi connectivity index (χ0) is 21.5. The van der Waals surface area contributed by atoms with Crippen LogP contribution in [-0.2, 0) is 16.1 Å². The number of methoxy groups -OCH3 is 1. The number of hydrogen-bond acceptors (Lipinski definition) is 6. The summed E-state index contributed by atoms with van der Waals surface area (Å²) in [6.07, 6.45) is 1.69. The van der Waals surface area contributed by atoms with Crippen molar-refractivity contribution < 1.29 is 23.8 Å². The van der Waals surface area contributed by atoms with Gasteiger partial charge in [0, 0.05) is 7.11 Å². The predicted molar refractivity (Wildman–Crippen MR) is 121 cm³/mol. The first-order valence-corrected chi connectivity index (χ1v) is 11.0. The van der Waals surface area contributed by atoms with E-state index in [0.29, 0.717) is 40.7 Å². The van der Waals surface area contributed by atoms with Crippen LogP contribution in [0.25, 0.3) is 6.08 Å². The van der Waals surface area contributed by atoms with E-state index in [1.165, 1.54) is 12.0 Å². The van der Waals surface area contributed by atoms with Crippen LogP contribution in [0.4, 0.5) is 4.79 Å². The summed E-state index contributed by atoms with van der Waals surface area (Å²) in [5.74, 6) is 0.833. The van der Waals surface area contributed by atoms with Gasteiger partial charge in [0.2, 0.25) is 0 Å². The van der Waals surface area contributed by atoms with E-state index in [4.69, 9.17) is 14.2 Å². The van der Waals surface area contributed by atoms with Crippen LogP contribution in [0.3, 0.4) is 0 Å². The Kier molecular flexibility index (Phi) is 7.95. The van der Waals surface area contributed by atoms with Gasteiger partial charge in [-0.3, -0.25) is 14.5 Å². The third-order valence-electron chi connectivity index (χ3n) is 4.25. The second kappa shape index (κ2) is 10.7. The summed E-state index contributed by atoms with van der Waals surface area (Å²) in [6, 6.07) is 13.5. The van der Waals surface area contributed by atoms with Crippen LogP contribution in [0, 0.1) is 0 Å². The molecule has 0 atom stereocenters. The minimum atomic E-state index is -0.319. The molecule has 158 valence electrons. The fourth-order valence-corrected chi connectivity index (χ4v) is 4.27. The van der Waals surface area contributed by atoms with Gasteiger partial charge in [-0.05, 0) is 64.0 Å². The van der Waals surface area contributed by atoms with E-state index >= 15 is 0 Å². The Hall–Kier alpha value is -2.29. The maximum atomic E-state index is 12.5. The summed E-state index contributed by atoms with van der Waals surface area (Å²) < 4.78 is 17.4. The summed E-state index contributed by atoms with van der Waals surface area (Å²) in [5, 5.41) is -0.296. The van der Waals surface area contributed by atoms with E-state index in [0.717, 1.165) is 22.9 Å². The van der Waals surface area contributed by atoms with Crippen molar-refractivity contribution in [3.8, 4) is 11.5 Å². The first-order valence-electron chi connectivity index (χ1n) is 9.40. The average molecular weight is 492 g/mol. The van der Waals surface area contributed by atoms with E-state index in [2.05, 4.69) is 15.9 Å². The summed E-state index contributed by atoms with van der Waals surface area (Å²) in [4.78, 5) is 26.2. The van der Waals surface area contributed by atoms with Crippen molar-refractivity contribution in [2.24, 2.45) is 0 Å². The Labute approximate surface area is 188 Å². The van der Waals surface area contributed by atoms with Crippen molar-refractivity contribution in [3.63, 3.8) is 0 Å². The first kappa shape index (κ1) is 22.4. The van der Waals surface area contributed by atoms with Crippen LogP contribution >= 0.6 is 27.7 Å². The van der Waals surface area contributed by atoms with Crippen molar-refractivity contribution in [3.05, 3.63) is 63.0 Å². The molecule has 1 heterocycles. The number of carbonyl (C=O) groups excluding carboxylic acids is 2. The number of hydrogen-bond donors (Lipinski definition) is 0. The van der Waals surface area contributed by atoms with E-state index in [1.807, 2.05) is 43.3 Å². The molecule has 0 aromatic heterocycles.